The molecule has 1 N–H and O–H groups in total. The van der Waals surface area contributed by atoms with Crippen molar-refractivity contribution >= 4 is 24.3 Å². The van der Waals surface area contributed by atoms with E-state index in [1.165, 1.54) is 48.8 Å². The van der Waals surface area contributed by atoms with Crippen molar-refractivity contribution in [1.82, 2.24) is 0 Å². The van der Waals surface area contributed by atoms with Crippen molar-refractivity contribution in [3.8, 4) is 0 Å². The number of carboxylic acids is 1. The lowest BCUT2D eigenvalue weighted by molar-refractivity contribution is 0.0693. The highest BCUT2D eigenvalue weighted by Crippen LogP contribution is 2.19. The molecule has 0 atom stereocenters. The van der Waals surface area contributed by atoms with Crippen molar-refractivity contribution in [3.05, 3.63) is 70.3 Å². The number of ketones is 1. The molecule has 0 spiro atoms. The van der Waals surface area contributed by atoms with Crippen LogP contribution in [0.5, 0.6) is 0 Å². The van der Waals surface area contributed by atoms with Gasteiger partial charge in [-0.15, -0.1) is 0 Å². The van der Waals surface area contributed by atoms with Crippen LogP contribution in [0.4, 0.5) is 0 Å². The van der Waals surface area contributed by atoms with Crippen LogP contribution in [0.1, 0.15) is 37.4 Å². The van der Waals surface area contributed by atoms with Crippen LogP contribution in [-0.4, -0.2) is 29.4 Å². The van der Waals surface area contributed by atoms with Crippen molar-refractivity contribution < 1.29 is 24.3 Å². The van der Waals surface area contributed by atoms with E-state index in [0.29, 0.717) is 0 Å². The standard InChI is InChI=1S/C16H8O5/c17-8-10-4-3-7-12(14(10)9-18)15(19)11-5-1-2-6-13(11)16(20)21/h1-7H,(H,20,21). The summed E-state index contributed by atoms with van der Waals surface area (Å²) in [4.78, 5) is 45.3. The summed E-state index contributed by atoms with van der Waals surface area (Å²) >= 11 is 0. The second kappa shape index (κ2) is 5.92. The van der Waals surface area contributed by atoms with Crippen LogP contribution in [0.25, 0.3) is 0 Å². The van der Waals surface area contributed by atoms with Gasteiger partial charge in [0.15, 0.2) is 5.78 Å². The molecule has 2 aromatic rings. The van der Waals surface area contributed by atoms with E-state index in [4.69, 9.17) is 5.11 Å². The maximum absolute atomic E-state index is 12.4. The number of carbonyl (C=O) groups excluding carboxylic acids is 3. The lowest BCUT2D eigenvalue weighted by Crippen LogP contribution is -2.12. The molecule has 0 unspecified atom stereocenters. The van der Waals surface area contributed by atoms with E-state index in [9.17, 15) is 19.2 Å². The molecule has 0 aromatic heterocycles. The Morgan fingerprint density at radius 1 is 0.810 bits per heavy atom. The minimum atomic E-state index is -1.26. The van der Waals surface area contributed by atoms with Gasteiger partial charge in [0.25, 0.3) is 0 Å². The molecule has 102 valence electrons. The fourth-order valence-electron chi connectivity index (χ4n) is 1.95. The van der Waals surface area contributed by atoms with Gasteiger partial charge in [-0.2, -0.15) is 0 Å². The number of carboxylic acid groups (broad SMARTS) is 1. The Labute approximate surface area is 119 Å². The Hall–Kier alpha value is -3.08. The maximum Gasteiger partial charge on any atom is 0.336 e. The number of rotatable bonds is 5. The van der Waals surface area contributed by atoms with E-state index in [2.05, 4.69) is 0 Å². The quantitative estimate of drug-likeness (QED) is 0.839. The molecule has 2 radical (unpaired) electrons. The summed E-state index contributed by atoms with van der Waals surface area (Å²) in [5, 5.41) is 9.10. The van der Waals surface area contributed by atoms with E-state index < -0.39 is 11.8 Å². The summed E-state index contributed by atoms with van der Waals surface area (Å²) < 4.78 is 0. The third-order valence-corrected chi connectivity index (χ3v) is 2.92. The average molecular weight is 280 g/mol. The molecule has 0 aliphatic carbocycles. The number of aromatic carboxylic acids is 1. The molecule has 0 aliphatic rings. The first-order valence-corrected chi connectivity index (χ1v) is 5.86. The largest absolute Gasteiger partial charge is 0.478 e. The van der Waals surface area contributed by atoms with Gasteiger partial charge in [-0.3, -0.25) is 14.4 Å². The fraction of sp³-hybridized carbons (Fsp3) is 0. The normalized spacial score (nSPS) is 9.90. The van der Waals surface area contributed by atoms with E-state index in [1.807, 2.05) is 0 Å². The highest BCUT2D eigenvalue weighted by molar-refractivity contribution is 6.17. The molecule has 2 aromatic carbocycles. The zero-order chi connectivity index (χ0) is 15.4. The lowest BCUT2D eigenvalue weighted by Gasteiger charge is -2.07. The van der Waals surface area contributed by atoms with Crippen molar-refractivity contribution in [1.29, 1.82) is 0 Å². The Morgan fingerprint density at radius 3 is 2.00 bits per heavy atom. The predicted octanol–water partition coefficient (Wildman–Crippen LogP) is 1.53. The van der Waals surface area contributed by atoms with Gasteiger partial charge in [0.2, 0.25) is 12.6 Å². The van der Waals surface area contributed by atoms with Crippen LogP contribution in [0.2, 0.25) is 0 Å². The van der Waals surface area contributed by atoms with Gasteiger partial charge in [0.05, 0.1) is 5.56 Å². The molecule has 2 rings (SSSR count). The fourth-order valence-corrected chi connectivity index (χ4v) is 1.95. The smallest absolute Gasteiger partial charge is 0.336 e. The van der Waals surface area contributed by atoms with Crippen molar-refractivity contribution in [2.45, 2.75) is 0 Å². The van der Waals surface area contributed by atoms with Gasteiger partial charge in [0, 0.05) is 22.3 Å². The van der Waals surface area contributed by atoms with Gasteiger partial charge in [-0.05, 0) is 6.07 Å². The van der Waals surface area contributed by atoms with Gasteiger partial charge in [0.1, 0.15) is 0 Å². The molecular weight excluding hydrogens is 272 g/mol. The minimum absolute atomic E-state index is 0.0652. The summed E-state index contributed by atoms with van der Waals surface area (Å²) in [6, 6.07) is 9.71. The topological polar surface area (TPSA) is 88.5 Å². The van der Waals surface area contributed by atoms with E-state index in [-0.39, 0.29) is 27.8 Å². The molecule has 5 heteroatoms. The number of hydrogen-bond donors (Lipinski definition) is 1. The third kappa shape index (κ3) is 2.62. The lowest BCUT2D eigenvalue weighted by atomic mass is 9.93. The molecule has 0 saturated heterocycles. The first kappa shape index (κ1) is 14.3. The first-order chi connectivity index (χ1) is 10.1. The molecule has 0 fully saturated rings. The molecule has 5 nitrogen and oxygen atoms in total. The van der Waals surface area contributed by atoms with Crippen LogP contribution in [0, 0.1) is 0 Å². The predicted molar refractivity (Wildman–Crippen MR) is 72.9 cm³/mol. The first-order valence-electron chi connectivity index (χ1n) is 5.86. The average Bonchev–Trinajstić information content (AvgIpc) is 2.53. The Balaban J connectivity index is 2.64. The Kier molecular flexibility index (Phi) is 4.04. The molecule has 0 amide bonds. The summed E-state index contributed by atoms with van der Waals surface area (Å²) in [6.07, 6.45) is 3.08. The van der Waals surface area contributed by atoms with Gasteiger partial charge in [-0.25, -0.2) is 4.79 Å². The van der Waals surface area contributed by atoms with Crippen LogP contribution in [0.3, 0.4) is 0 Å². The van der Waals surface area contributed by atoms with E-state index in [0.717, 1.165) is 0 Å². The number of hydrogen-bond acceptors (Lipinski definition) is 4. The summed E-state index contributed by atoms with van der Waals surface area (Å²) in [7, 11) is 0. The SMILES string of the molecule is O=[C]c1cccc(C(=O)c2ccccc2C(=O)O)c1[C]=O. The third-order valence-electron chi connectivity index (χ3n) is 2.92. The van der Waals surface area contributed by atoms with Crippen LogP contribution >= 0.6 is 0 Å². The minimum Gasteiger partial charge on any atom is -0.478 e. The molecule has 0 saturated carbocycles. The Morgan fingerprint density at radius 2 is 1.43 bits per heavy atom. The Bertz CT molecular complexity index is 746. The highest BCUT2D eigenvalue weighted by atomic mass is 16.4. The molecule has 0 heterocycles. The monoisotopic (exact) mass is 280 g/mol. The van der Waals surface area contributed by atoms with Crippen LogP contribution < -0.4 is 0 Å². The van der Waals surface area contributed by atoms with Crippen molar-refractivity contribution in [2.75, 3.05) is 0 Å². The molecule has 0 bridgehead atoms. The van der Waals surface area contributed by atoms with Crippen molar-refractivity contribution in [3.63, 3.8) is 0 Å². The summed E-state index contributed by atoms with van der Waals surface area (Å²) in [6.45, 7) is 0. The zero-order valence-corrected chi connectivity index (χ0v) is 10.6. The van der Waals surface area contributed by atoms with E-state index >= 15 is 0 Å². The molecule has 0 aliphatic heterocycles. The number of carbonyl (C=O) groups is 2. The maximum atomic E-state index is 12.4. The van der Waals surface area contributed by atoms with Crippen molar-refractivity contribution in [2.24, 2.45) is 0 Å². The number of benzene rings is 2. The highest BCUT2D eigenvalue weighted by Gasteiger charge is 2.21. The van der Waals surface area contributed by atoms with Gasteiger partial charge in [-0.1, -0.05) is 36.4 Å². The second-order valence-corrected chi connectivity index (χ2v) is 4.11. The summed E-state index contributed by atoms with van der Waals surface area (Å²) in [5.74, 6) is -1.92. The van der Waals surface area contributed by atoms with Crippen LogP contribution in [-0.2, 0) is 9.59 Å². The van der Waals surface area contributed by atoms with Crippen LogP contribution in [0.15, 0.2) is 42.5 Å². The molecular formula is C16H8O5. The van der Waals surface area contributed by atoms with Gasteiger partial charge < -0.3 is 5.11 Å². The summed E-state index contributed by atoms with van der Waals surface area (Å²) in [5.41, 5.74) is -0.648. The second-order valence-electron chi connectivity index (χ2n) is 4.11. The zero-order valence-electron chi connectivity index (χ0n) is 10.6. The molecule has 21 heavy (non-hydrogen) atoms. The van der Waals surface area contributed by atoms with E-state index in [1.54, 1.807) is 6.29 Å². The van der Waals surface area contributed by atoms with Gasteiger partial charge >= 0.3 is 5.97 Å².